The highest BCUT2D eigenvalue weighted by Gasteiger charge is 2.25. The van der Waals surface area contributed by atoms with Crippen LogP contribution in [0.1, 0.15) is 22.6 Å². The van der Waals surface area contributed by atoms with Gasteiger partial charge in [0.25, 0.3) is 5.91 Å². The minimum Gasteiger partial charge on any atom is -0.375 e. The summed E-state index contributed by atoms with van der Waals surface area (Å²) in [6.07, 6.45) is 0. The summed E-state index contributed by atoms with van der Waals surface area (Å²) < 4.78 is 0. The van der Waals surface area contributed by atoms with Crippen LogP contribution in [0, 0.1) is 25.2 Å². The van der Waals surface area contributed by atoms with Crippen molar-refractivity contribution in [1.82, 2.24) is 5.43 Å². The normalized spacial score (nSPS) is 12.0. The molecule has 26 heavy (non-hydrogen) atoms. The van der Waals surface area contributed by atoms with Gasteiger partial charge in [-0.2, -0.15) is 10.4 Å². The van der Waals surface area contributed by atoms with Gasteiger partial charge < -0.3 is 11.1 Å². The van der Waals surface area contributed by atoms with Gasteiger partial charge in [0.2, 0.25) is 0 Å². The van der Waals surface area contributed by atoms with Crippen molar-refractivity contribution in [1.29, 1.82) is 5.26 Å². The number of benzene rings is 2. The first-order valence-electron chi connectivity index (χ1n) is 7.88. The Morgan fingerprint density at radius 3 is 2.46 bits per heavy atom. The van der Waals surface area contributed by atoms with E-state index in [-0.39, 0.29) is 10.8 Å². The number of amides is 1. The van der Waals surface area contributed by atoms with Crippen molar-refractivity contribution in [3.63, 3.8) is 0 Å². The number of nitriles is 1. The Kier molecular flexibility index (Phi) is 6.42. The maximum atomic E-state index is 12.8. The van der Waals surface area contributed by atoms with Crippen LogP contribution >= 0.6 is 12.2 Å². The number of hydrazone groups is 1. The lowest BCUT2D eigenvalue weighted by atomic mass is 9.95. The van der Waals surface area contributed by atoms with E-state index < -0.39 is 11.8 Å². The first-order valence-corrected chi connectivity index (χ1v) is 8.29. The Balaban J connectivity index is 2.35. The Bertz CT molecular complexity index is 887. The van der Waals surface area contributed by atoms with Crippen LogP contribution in [0.2, 0.25) is 0 Å². The third-order valence-corrected chi connectivity index (χ3v) is 3.91. The fourth-order valence-corrected chi connectivity index (χ4v) is 2.36. The molecule has 132 valence electrons. The highest BCUT2D eigenvalue weighted by molar-refractivity contribution is 7.80. The summed E-state index contributed by atoms with van der Waals surface area (Å²) in [6, 6.07) is 16.6. The largest absolute Gasteiger partial charge is 0.375 e. The summed E-state index contributed by atoms with van der Waals surface area (Å²) in [5.41, 5.74) is 11.2. The Labute approximate surface area is 157 Å². The summed E-state index contributed by atoms with van der Waals surface area (Å²) in [7, 11) is 0. The Morgan fingerprint density at radius 2 is 1.88 bits per heavy atom. The van der Waals surface area contributed by atoms with Gasteiger partial charge in [-0.25, -0.2) is 0 Å². The van der Waals surface area contributed by atoms with Gasteiger partial charge in [0, 0.05) is 5.69 Å². The number of hydrogen-bond acceptors (Lipinski definition) is 4. The molecule has 0 saturated carbocycles. The van der Waals surface area contributed by atoms with Crippen molar-refractivity contribution in [2.24, 2.45) is 10.8 Å². The minimum absolute atomic E-state index is 0.0234. The van der Waals surface area contributed by atoms with E-state index in [0.717, 1.165) is 11.1 Å². The number of nitrogens with zero attached hydrogens (tertiary/aromatic N) is 2. The zero-order valence-electron chi connectivity index (χ0n) is 14.5. The van der Waals surface area contributed by atoms with Crippen LogP contribution in [0.3, 0.4) is 0 Å². The molecular weight excluding hydrogens is 346 g/mol. The highest BCUT2D eigenvalue weighted by atomic mass is 32.1. The fraction of sp³-hybridized carbons (Fsp3) is 0.158. The summed E-state index contributed by atoms with van der Waals surface area (Å²) in [6.45, 7) is 3.94. The SMILES string of the molecule is Cc1ccc(NC(=O)/C(=N\NC(N)=S)[C@H](C#N)c2ccccc2)cc1C. The highest BCUT2D eigenvalue weighted by Crippen LogP contribution is 2.19. The van der Waals surface area contributed by atoms with Crippen LogP contribution in [-0.2, 0) is 4.79 Å². The van der Waals surface area contributed by atoms with E-state index in [9.17, 15) is 10.1 Å². The summed E-state index contributed by atoms with van der Waals surface area (Å²) in [5, 5.41) is 16.3. The first kappa shape index (κ1) is 19.1. The van der Waals surface area contributed by atoms with E-state index in [1.165, 1.54) is 0 Å². The number of carbonyl (C=O) groups is 1. The maximum Gasteiger partial charge on any atom is 0.273 e. The van der Waals surface area contributed by atoms with Crippen molar-refractivity contribution in [3.05, 3.63) is 65.2 Å². The lowest BCUT2D eigenvalue weighted by molar-refractivity contribution is -0.110. The molecule has 0 fully saturated rings. The number of carbonyl (C=O) groups excluding carboxylic acids is 1. The summed E-state index contributed by atoms with van der Waals surface area (Å²) >= 11 is 4.75. The quantitative estimate of drug-likeness (QED) is 0.429. The molecule has 0 aromatic heterocycles. The van der Waals surface area contributed by atoms with Crippen molar-refractivity contribution in [2.45, 2.75) is 19.8 Å². The molecule has 2 rings (SSSR count). The van der Waals surface area contributed by atoms with Crippen LogP contribution in [0.4, 0.5) is 5.69 Å². The molecule has 4 N–H and O–H groups in total. The molecule has 0 saturated heterocycles. The van der Waals surface area contributed by atoms with Crippen LogP contribution < -0.4 is 16.5 Å². The fourth-order valence-electron chi connectivity index (χ4n) is 2.32. The Hall–Kier alpha value is -3.24. The molecule has 0 spiro atoms. The average Bonchev–Trinajstić information content (AvgIpc) is 2.62. The lowest BCUT2D eigenvalue weighted by Crippen LogP contribution is -2.33. The van der Waals surface area contributed by atoms with Crippen LogP contribution in [0.15, 0.2) is 53.6 Å². The second kappa shape index (κ2) is 8.74. The van der Waals surface area contributed by atoms with Crippen LogP contribution in [-0.4, -0.2) is 16.7 Å². The lowest BCUT2D eigenvalue weighted by Gasteiger charge is -2.14. The molecule has 7 heteroatoms. The molecule has 2 aromatic carbocycles. The maximum absolute atomic E-state index is 12.8. The molecule has 0 bridgehead atoms. The zero-order chi connectivity index (χ0) is 19.1. The van der Waals surface area contributed by atoms with Gasteiger partial charge in [0.05, 0.1) is 6.07 Å². The van der Waals surface area contributed by atoms with Gasteiger partial charge >= 0.3 is 0 Å². The van der Waals surface area contributed by atoms with Crippen molar-refractivity contribution in [3.8, 4) is 6.07 Å². The Morgan fingerprint density at radius 1 is 1.19 bits per heavy atom. The number of nitrogens with two attached hydrogens (primary N) is 1. The molecule has 0 radical (unpaired) electrons. The molecular formula is C19H19N5OS. The second-order valence-corrected chi connectivity index (χ2v) is 6.14. The molecule has 0 aliphatic rings. The van der Waals surface area contributed by atoms with Crippen molar-refractivity contribution >= 4 is 34.6 Å². The predicted octanol–water partition coefficient (Wildman–Crippen LogP) is 2.74. The van der Waals surface area contributed by atoms with E-state index >= 15 is 0 Å². The van der Waals surface area contributed by atoms with Gasteiger partial charge in [-0.1, -0.05) is 36.4 Å². The van der Waals surface area contributed by atoms with E-state index in [1.54, 1.807) is 30.3 Å². The number of nitrogens with one attached hydrogen (secondary N) is 2. The number of aryl methyl sites for hydroxylation is 2. The number of rotatable bonds is 5. The molecule has 0 heterocycles. The second-order valence-electron chi connectivity index (χ2n) is 5.70. The van der Waals surface area contributed by atoms with Gasteiger partial charge in [-0.15, -0.1) is 0 Å². The van der Waals surface area contributed by atoms with Gasteiger partial charge in [-0.05, 0) is 54.9 Å². The molecule has 0 unspecified atom stereocenters. The predicted molar refractivity (Wildman–Crippen MR) is 107 cm³/mol. The van der Waals surface area contributed by atoms with Gasteiger partial charge in [-0.3, -0.25) is 10.2 Å². The molecule has 6 nitrogen and oxygen atoms in total. The number of anilines is 1. The van der Waals surface area contributed by atoms with Crippen molar-refractivity contribution < 1.29 is 4.79 Å². The number of thiocarbonyl (C=S) groups is 1. The zero-order valence-corrected chi connectivity index (χ0v) is 15.3. The van der Waals surface area contributed by atoms with Crippen molar-refractivity contribution in [2.75, 3.05) is 5.32 Å². The van der Waals surface area contributed by atoms with Crippen LogP contribution in [0.25, 0.3) is 0 Å². The smallest absolute Gasteiger partial charge is 0.273 e. The van der Waals surface area contributed by atoms with E-state index in [4.69, 9.17) is 18.0 Å². The average molecular weight is 365 g/mol. The molecule has 0 aliphatic carbocycles. The van der Waals surface area contributed by atoms with E-state index in [2.05, 4.69) is 21.9 Å². The molecule has 1 atom stereocenters. The monoisotopic (exact) mass is 365 g/mol. The van der Waals surface area contributed by atoms with E-state index in [0.29, 0.717) is 11.3 Å². The third-order valence-electron chi connectivity index (χ3n) is 3.82. The summed E-state index contributed by atoms with van der Waals surface area (Å²) in [5.74, 6) is -1.38. The summed E-state index contributed by atoms with van der Waals surface area (Å²) in [4.78, 5) is 12.8. The van der Waals surface area contributed by atoms with Gasteiger partial charge in [0.15, 0.2) is 5.11 Å². The molecule has 2 aromatic rings. The molecule has 1 amide bonds. The molecule has 0 aliphatic heterocycles. The third kappa shape index (κ3) is 4.88. The van der Waals surface area contributed by atoms with E-state index in [1.807, 2.05) is 32.0 Å². The first-order chi connectivity index (χ1) is 12.4. The standard InChI is InChI=1S/C19H19N5OS/c1-12-8-9-15(10-13(12)2)22-18(25)17(23-24-19(21)26)16(11-20)14-6-4-3-5-7-14/h3-10,16H,1-2H3,(H,22,25)(H3,21,24,26)/b23-17-/t16-/m1/s1. The topological polar surface area (TPSA) is 103 Å². The van der Waals surface area contributed by atoms with Crippen LogP contribution in [0.5, 0.6) is 0 Å². The van der Waals surface area contributed by atoms with Gasteiger partial charge in [0.1, 0.15) is 11.6 Å². The minimum atomic E-state index is -0.871. The number of hydrogen-bond donors (Lipinski definition) is 3.